The molecule has 2 aromatic rings. The monoisotopic (exact) mass is 288 g/mol. The Morgan fingerprint density at radius 2 is 2.20 bits per heavy atom. The molecule has 0 saturated heterocycles. The Morgan fingerprint density at radius 3 is 2.95 bits per heavy atom. The number of nitrogens with zero attached hydrogens (tertiary/aromatic N) is 1. The van der Waals surface area contributed by atoms with Crippen molar-refractivity contribution < 1.29 is 4.74 Å². The summed E-state index contributed by atoms with van der Waals surface area (Å²) < 4.78 is 5.30. The predicted octanol–water partition coefficient (Wildman–Crippen LogP) is 4.23. The first-order valence-corrected chi connectivity index (χ1v) is 7.19. The summed E-state index contributed by atoms with van der Waals surface area (Å²) in [6, 6.07) is 10.4. The summed E-state index contributed by atoms with van der Waals surface area (Å²) in [5.74, 6) is 0.928. The van der Waals surface area contributed by atoms with Crippen LogP contribution in [-0.2, 0) is 6.42 Å². The number of pyridine rings is 1. The highest BCUT2D eigenvalue weighted by molar-refractivity contribution is 6.29. The SMILES string of the molecule is COc1ccc2c(c1)CCCC2Nc1ccc(Cl)nc1. The Morgan fingerprint density at radius 1 is 1.30 bits per heavy atom. The summed E-state index contributed by atoms with van der Waals surface area (Å²) in [5, 5.41) is 4.06. The van der Waals surface area contributed by atoms with Crippen LogP contribution in [0.2, 0.25) is 5.15 Å². The van der Waals surface area contributed by atoms with Crippen LogP contribution in [-0.4, -0.2) is 12.1 Å². The highest BCUT2D eigenvalue weighted by Gasteiger charge is 2.20. The number of benzene rings is 1. The summed E-state index contributed by atoms with van der Waals surface area (Å²) >= 11 is 5.82. The molecule has 0 spiro atoms. The van der Waals surface area contributed by atoms with Gasteiger partial charge in [0, 0.05) is 0 Å². The number of halogens is 1. The standard InChI is InChI=1S/C16H17ClN2O/c1-20-13-6-7-14-11(9-13)3-2-4-15(14)19-12-5-8-16(17)18-10-12/h5-10,15,19H,2-4H2,1H3. The number of aryl methyl sites for hydroxylation is 1. The number of hydrogen-bond donors (Lipinski definition) is 1. The zero-order valence-electron chi connectivity index (χ0n) is 11.4. The van der Waals surface area contributed by atoms with E-state index in [-0.39, 0.29) is 0 Å². The average Bonchev–Trinajstić information content (AvgIpc) is 2.49. The van der Waals surface area contributed by atoms with Crippen LogP contribution in [0.15, 0.2) is 36.5 Å². The molecular weight excluding hydrogens is 272 g/mol. The maximum atomic E-state index is 5.82. The molecular formula is C16H17ClN2O. The molecule has 1 aromatic heterocycles. The van der Waals surface area contributed by atoms with Gasteiger partial charge >= 0.3 is 0 Å². The van der Waals surface area contributed by atoms with Crippen molar-refractivity contribution in [1.29, 1.82) is 0 Å². The van der Waals surface area contributed by atoms with Gasteiger partial charge in [-0.1, -0.05) is 17.7 Å². The van der Waals surface area contributed by atoms with Gasteiger partial charge in [-0.25, -0.2) is 4.98 Å². The fourth-order valence-corrected chi connectivity index (χ4v) is 2.84. The molecule has 1 aromatic carbocycles. The topological polar surface area (TPSA) is 34.1 Å². The summed E-state index contributed by atoms with van der Waals surface area (Å²) in [7, 11) is 1.71. The van der Waals surface area contributed by atoms with Crippen molar-refractivity contribution in [2.75, 3.05) is 12.4 Å². The number of rotatable bonds is 3. The van der Waals surface area contributed by atoms with Gasteiger partial charge in [0.1, 0.15) is 10.9 Å². The Hall–Kier alpha value is -1.74. The molecule has 0 radical (unpaired) electrons. The molecule has 0 amide bonds. The van der Waals surface area contributed by atoms with E-state index in [1.807, 2.05) is 18.2 Å². The van der Waals surface area contributed by atoms with Gasteiger partial charge in [0.15, 0.2) is 0 Å². The summed E-state index contributed by atoms with van der Waals surface area (Å²) in [6.07, 6.45) is 5.20. The molecule has 1 aliphatic carbocycles. The average molecular weight is 289 g/mol. The Labute approximate surface area is 123 Å². The van der Waals surface area contributed by atoms with Crippen LogP contribution in [0.3, 0.4) is 0 Å². The molecule has 0 aliphatic heterocycles. The van der Waals surface area contributed by atoms with Gasteiger partial charge < -0.3 is 10.1 Å². The van der Waals surface area contributed by atoms with E-state index in [1.165, 1.54) is 17.5 Å². The van der Waals surface area contributed by atoms with Gasteiger partial charge in [-0.2, -0.15) is 0 Å². The van der Waals surface area contributed by atoms with Crippen LogP contribution >= 0.6 is 11.6 Å². The summed E-state index contributed by atoms with van der Waals surface area (Å²) in [5.41, 5.74) is 3.73. The fourth-order valence-electron chi connectivity index (χ4n) is 2.73. The van der Waals surface area contributed by atoms with Gasteiger partial charge in [-0.15, -0.1) is 0 Å². The van der Waals surface area contributed by atoms with E-state index in [0.717, 1.165) is 24.3 Å². The molecule has 104 valence electrons. The second-order valence-electron chi connectivity index (χ2n) is 5.02. The molecule has 1 heterocycles. The first-order valence-electron chi connectivity index (χ1n) is 6.81. The number of ether oxygens (including phenoxy) is 1. The molecule has 4 heteroatoms. The lowest BCUT2D eigenvalue weighted by Gasteiger charge is -2.27. The molecule has 0 bridgehead atoms. The highest BCUT2D eigenvalue weighted by atomic mass is 35.5. The van der Waals surface area contributed by atoms with E-state index in [2.05, 4.69) is 22.4 Å². The van der Waals surface area contributed by atoms with Gasteiger partial charge in [-0.05, 0) is 54.7 Å². The second-order valence-corrected chi connectivity index (χ2v) is 5.41. The number of fused-ring (bicyclic) bond motifs is 1. The summed E-state index contributed by atoms with van der Waals surface area (Å²) in [6.45, 7) is 0. The third kappa shape index (κ3) is 2.73. The van der Waals surface area contributed by atoms with E-state index in [4.69, 9.17) is 16.3 Å². The number of hydrogen-bond acceptors (Lipinski definition) is 3. The molecule has 1 N–H and O–H groups in total. The lowest BCUT2D eigenvalue weighted by Crippen LogP contribution is -2.17. The van der Waals surface area contributed by atoms with Crippen molar-refractivity contribution in [2.24, 2.45) is 0 Å². The van der Waals surface area contributed by atoms with Crippen molar-refractivity contribution in [3.05, 3.63) is 52.8 Å². The van der Waals surface area contributed by atoms with Crippen LogP contribution < -0.4 is 10.1 Å². The van der Waals surface area contributed by atoms with Gasteiger partial charge in [-0.3, -0.25) is 0 Å². The van der Waals surface area contributed by atoms with E-state index >= 15 is 0 Å². The van der Waals surface area contributed by atoms with E-state index < -0.39 is 0 Å². The molecule has 3 rings (SSSR count). The highest BCUT2D eigenvalue weighted by Crippen LogP contribution is 2.34. The molecule has 3 nitrogen and oxygen atoms in total. The lowest BCUT2D eigenvalue weighted by atomic mass is 9.87. The predicted molar refractivity (Wildman–Crippen MR) is 81.5 cm³/mol. The third-order valence-corrected chi connectivity index (χ3v) is 3.96. The van der Waals surface area contributed by atoms with Crippen LogP contribution in [0.1, 0.15) is 30.0 Å². The first-order chi connectivity index (χ1) is 9.76. The molecule has 1 aliphatic rings. The van der Waals surface area contributed by atoms with Crippen LogP contribution in [0, 0.1) is 0 Å². The normalized spacial score (nSPS) is 17.4. The van der Waals surface area contributed by atoms with Crippen LogP contribution in [0.4, 0.5) is 5.69 Å². The van der Waals surface area contributed by atoms with Crippen molar-refractivity contribution in [1.82, 2.24) is 4.98 Å². The Kier molecular flexibility index (Phi) is 3.79. The quantitative estimate of drug-likeness (QED) is 0.858. The van der Waals surface area contributed by atoms with Crippen molar-refractivity contribution in [2.45, 2.75) is 25.3 Å². The van der Waals surface area contributed by atoms with Gasteiger partial charge in [0.25, 0.3) is 0 Å². The summed E-state index contributed by atoms with van der Waals surface area (Å²) in [4.78, 5) is 4.11. The minimum Gasteiger partial charge on any atom is -0.497 e. The molecule has 1 atom stereocenters. The zero-order valence-corrected chi connectivity index (χ0v) is 12.2. The number of methoxy groups -OCH3 is 1. The third-order valence-electron chi connectivity index (χ3n) is 3.73. The van der Waals surface area contributed by atoms with E-state index in [9.17, 15) is 0 Å². The maximum Gasteiger partial charge on any atom is 0.129 e. The number of anilines is 1. The van der Waals surface area contributed by atoms with Crippen LogP contribution in [0.25, 0.3) is 0 Å². The van der Waals surface area contributed by atoms with Gasteiger partial charge in [0.05, 0.1) is 25.0 Å². The minimum atomic E-state index is 0.327. The van der Waals surface area contributed by atoms with Crippen LogP contribution in [0.5, 0.6) is 5.75 Å². The Bertz CT molecular complexity index is 598. The number of aromatic nitrogens is 1. The molecule has 1 unspecified atom stereocenters. The second kappa shape index (κ2) is 5.71. The maximum absolute atomic E-state index is 5.82. The van der Waals surface area contributed by atoms with Crippen molar-refractivity contribution in [3.63, 3.8) is 0 Å². The van der Waals surface area contributed by atoms with Crippen molar-refractivity contribution in [3.8, 4) is 5.75 Å². The lowest BCUT2D eigenvalue weighted by molar-refractivity contribution is 0.413. The van der Waals surface area contributed by atoms with E-state index in [1.54, 1.807) is 13.3 Å². The largest absolute Gasteiger partial charge is 0.497 e. The number of nitrogens with one attached hydrogen (secondary N) is 1. The molecule has 0 saturated carbocycles. The zero-order chi connectivity index (χ0) is 13.9. The first kappa shape index (κ1) is 13.3. The Balaban J connectivity index is 1.84. The fraction of sp³-hybridized carbons (Fsp3) is 0.312. The smallest absolute Gasteiger partial charge is 0.129 e. The van der Waals surface area contributed by atoms with Crippen molar-refractivity contribution >= 4 is 17.3 Å². The van der Waals surface area contributed by atoms with Gasteiger partial charge in [0.2, 0.25) is 0 Å². The minimum absolute atomic E-state index is 0.327. The van der Waals surface area contributed by atoms with E-state index in [0.29, 0.717) is 11.2 Å². The molecule has 20 heavy (non-hydrogen) atoms. The molecule has 0 fully saturated rings.